The van der Waals surface area contributed by atoms with Crippen LogP contribution < -0.4 is 5.32 Å². The van der Waals surface area contributed by atoms with Gasteiger partial charge < -0.3 is 14.7 Å². The summed E-state index contributed by atoms with van der Waals surface area (Å²) in [6, 6.07) is 1.84. The van der Waals surface area contributed by atoms with Crippen LogP contribution in [-0.4, -0.2) is 34.5 Å². The molecule has 0 saturated heterocycles. The van der Waals surface area contributed by atoms with E-state index in [1.54, 1.807) is 11.0 Å². The zero-order valence-corrected chi connectivity index (χ0v) is 11.4. The Kier molecular flexibility index (Phi) is 3.71. The number of aromatic nitrogens is 1. The Balaban J connectivity index is 1.59. The van der Waals surface area contributed by atoms with E-state index in [-0.39, 0.29) is 30.3 Å². The second-order valence-electron chi connectivity index (χ2n) is 5.61. The molecule has 0 unspecified atom stereocenters. The van der Waals surface area contributed by atoms with E-state index in [9.17, 15) is 9.59 Å². The molecule has 2 saturated carbocycles. The normalized spacial score (nSPS) is 19.0. The number of hydrogen-bond donors (Lipinski definition) is 1. The van der Waals surface area contributed by atoms with Gasteiger partial charge in [-0.2, -0.15) is 0 Å². The molecule has 0 spiro atoms. The van der Waals surface area contributed by atoms with Crippen LogP contribution in [0.1, 0.15) is 38.5 Å². The van der Waals surface area contributed by atoms with Gasteiger partial charge in [0.1, 0.15) is 12.8 Å². The lowest BCUT2D eigenvalue weighted by Gasteiger charge is -2.24. The summed E-state index contributed by atoms with van der Waals surface area (Å²) in [7, 11) is 0. The molecule has 0 aliphatic heterocycles. The molecule has 0 radical (unpaired) electrons. The summed E-state index contributed by atoms with van der Waals surface area (Å²) in [6.07, 6.45) is 7.60. The van der Waals surface area contributed by atoms with Crippen LogP contribution in [-0.2, 0) is 9.59 Å². The summed E-state index contributed by atoms with van der Waals surface area (Å²) in [5.41, 5.74) is 0. The van der Waals surface area contributed by atoms with Crippen LogP contribution in [0, 0.1) is 5.92 Å². The Morgan fingerprint density at radius 1 is 1.30 bits per heavy atom. The average molecular weight is 277 g/mol. The van der Waals surface area contributed by atoms with Crippen molar-refractivity contribution in [2.75, 3.05) is 11.9 Å². The zero-order valence-electron chi connectivity index (χ0n) is 11.4. The first kappa shape index (κ1) is 13.1. The average Bonchev–Trinajstić information content (AvgIpc) is 2.93. The minimum Gasteiger partial charge on any atom is -0.363 e. The monoisotopic (exact) mass is 277 g/mol. The molecule has 2 amide bonds. The Bertz CT molecular complexity index is 476. The van der Waals surface area contributed by atoms with Gasteiger partial charge in [0.05, 0.1) is 0 Å². The van der Waals surface area contributed by atoms with E-state index in [1.807, 2.05) is 0 Å². The lowest BCUT2D eigenvalue weighted by molar-refractivity contribution is -0.138. The van der Waals surface area contributed by atoms with Gasteiger partial charge in [-0.15, -0.1) is 0 Å². The molecule has 108 valence electrons. The molecule has 0 aromatic carbocycles. The number of amides is 2. The van der Waals surface area contributed by atoms with Gasteiger partial charge >= 0.3 is 0 Å². The lowest BCUT2D eigenvalue weighted by atomic mass is 10.1. The number of rotatable bonds is 5. The highest BCUT2D eigenvalue weighted by Gasteiger charge is 2.37. The maximum atomic E-state index is 12.5. The third kappa shape index (κ3) is 3.00. The van der Waals surface area contributed by atoms with Crippen molar-refractivity contribution in [1.82, 2.24) is 10.1 Å². The zero-order chi connectivity index (χ0) is 13.9. The van der Waals surface area contributed by atoms with Gasteiger partial charge in [0, 0.05) is 18.0 Å². The van der Waals surface area contributed by atoms with Crippen LogP contribution in [0.5, 0.6) is 0 Å². The second-order valence-corrected chi connectivity index (χ2v) is 5.61. The van der Waals surface area contributed by atoms with E-state index in [0.717, 1.165) is 38.5 Å². The summed E-state index contributed by atoms with van der Waals surface area (Å²) < 4.78 is 4.66. The highest BCUT2D eigenvalue weighted by molar-refractivity contribution is 5.94. The largest absolute Gasteiger partial charge is 0.363 e. The number of anilines is 1. The van der Waals surface area contributed by atoms with Crippen LogP contribution in [0.3, 0.4) is 0 Å². The summed E-state index contributed by atoms with van der Waals surface area (Å²) >= 11 is 0. The molecule has 1 heterocycles. The first-order valence-corrected chi connectivity index (χ1v) is 7.25. The number of nitrogens with one attached hydrogen (secondary N) is 1. The quantitative estimate of drug-likeness (QED) is 0.890. The maximum Gasteiger partial charge on any atom is 0.245 e. The molecular weight excluding hydrogens is 258 g/mol. The highest BCUT2D eigenvalue weighted by Crippen LogP contribution is 2.32. The Morgan fingerprint density at radius 2 is 2.05 bits per heavy atom. The molecule has 20 heavy (non-hydrogen) atoms. The van der Waals surface area contributed by atoms with Crippen molar-refractivity contribution in [2.24, 2.45) is 5.92 Å². The van der Waals surface area contributed by atoms with Gasteiger partial charge in [-0.1, -0.05) is 18.0 Å². The van der Waals surface area contributed by atoms with Crippen LogP contribution in [0.15, 0.2) is 16.9 Å². The predicted molar refractivity (Wildman–Crippen MR) is 71.8 cm³/mol. The molecule has 2 fully saturated rings. The number of carbonyl (C=O) groups excluding carboxylic acids is 2. The van der Waals surface area contributed by atoms with E-state index in [2.05, 4.69) is 15.0 Å². The van der Waals surface area contributed by atoms with E-state index in [4.69, 9.17) is 0 Å². The summed E-state index contributed by atoms with van der Waals surface area (Å²) in [5.74, 6) is 0.451. The molecule has 6 nitrogen and oxygen atoms in total. The third-order valence-corrected chi connectivity index (χ3v) is 3.99. The minimum atomic E-state index is -0.211. The van der Waals surface area contributed by atoms with Crippen LogP contribution >= 0.6 is 0 Å². The van der Waals surface area contributed by atoms with E-state index in [0.29, 0.717) is 5.82 Å². The minimum absolute atomic E-state index is 0.118. The molecule has 1 aromatic rings. The van der Waals surface area contributed by atoms with Crippen LogP contribution in [0.25, 0.3) is 0 Å². The molecule has 0 atom stereocenters. The van der Waals surface area contributed by atoms with Gasteiger partial charge in [0.25, 0.3) is 0 Å². The molecule has 3 rings (SSSR count). The molecule has 0 bridgehead atoms. The fourth-order valence-corrected chi connectivity index (χ4v) is 2.79. The van der Waals surface area contributed by atoms with Crippen LogP contribution in [0.4, 0.5) is 5.82 Å². The second kappa shape index (κ2) is 5.64. The molecule has 6 heteroatoms. The molecule has 1 aromatic heterocycles. The maximum absolute atomic E-state index is 12.5. The van der Waals surface area contributed by atoms with Crippen molar-refractivity contribution in [3.63, 3.8) is 0 Å². The van der Waals surface area contributed by atoms with Gasteiger partial charge in [-0.3, -0.25) is 9.59 Å². The predicted octanol–water partition coefficient (Wildman–Crippen LogP) is 1.79. The molecule has 1 N–H and O–H groups in total. The van der Waals surface area contributed by atoms with Gasteiger partial charge in [-0.25, -0.2) is 0 Å². The van der Waals surface area contributed by atoms with Crippen molar-refractivity contribution in [3.8, 4) is 0 Å². The first-order valence-electron chi connectivity index (χ1n) is 7.25. The van der Waals surface area contributed by atoms with Crippen molar-refractivity contribution >= 4 is 17.6 Å². The SMILES string of the molecule is O=C(CN(C(=O)C1CCCC1)C1CC1)Nc1ccon1. The first-order chi connectivity index (χ1) is 9.74. The highest BCUT2D eigenvalue weighted by atomic mass is 16.5. The van der Waals surface area contributed by atoms with Crippen molar-refractivity contribution in [2.45, 2.75) is 44.6 Å². The Hall–Kier alpha value is -1.85. The van der Waals surface area contributed by atoms with Crippen LogP contribution in [0.2, 0.25) is 0 Å². The fraction of sp³-hybridized carbons (Fsp3) is 0.643. The standard InChI is InChI=1S/C14H19N3O3/c18-13(15-12-7-8-20-16-12)9-17(11-5-6-11)14(19)10-3-1-2-4-10/h7-8,10-11H,1-6,9H2,(H,15,16,18). The Morgan fingerprint density at radius 3 is 2.65 bits per heavy atom. The van der Waals surface area contributed by atoms with Gasteiger partial charge in [0.2, 0.25) is 11.8 Å². The number of carbonyl (C=O) groups is 2. The number of nitrogens with zero attached hydrogens (tertiary/aromatic N) is 2. The number of hydrogen-bond acceptors (Lipinski definition) is 4. The molecular formula is C14H19N3O3. The van der Waals surface area contributed by atoms with Crippen molar-refractivity contribution in [1.29, 1.82) is 0 Å². The van der Waals surface area contributed by atoms with Crippen molar-refractivity contribution in [3.05, 3.63) is 12.3 Å². The summed E-state index contributed by atoms with van der Waals surface area (Å²) in [6.45, 7) is 0.118. The topological polar surface area (TPSA) is 75.4 Å². The van der Waals surface area contributed by atoms with E-state index in [1.165, 1.54) is 6.26 Å². The smallest absolute Gasteiger partial charge is 0.245 e. The molecule has 2 aliphatic rings. The van der Waals surface area contributed by atoms with Gasteiger partial charge in [0.15, 0.2) is 5.82 Å². The van der Waals surface area contributed by atoms with Gasteiger partial charge in [-0.05, 0) is 25.7 Å². The summed E-state index contributed by atoms with van der Waals surface area (Å²) in [5, 5.41) is 6.28. The Labute approximate surface area is 117 Å². The van der Waals surface area contributed by atoms with E-state index >= 15 is 0 Å². The fourth-order valence-electron chi connectivity index (χ4n) is 2.79. The van der Waals surface area contributed by atoms with E-state index < -0.39 is 0 Å². The molecule has 2 aliphatic carbocycles. The summed E-state index contributed by atoms with van der Waals surface area (Å²) in [4.78, 5) is 26.2. The lowest BCUT2D eigenvalue weighted by Crippen LogP contribution is -2.42. The van der Waals surface area contributed by atoms with Crippen molar-refractivity contribution < 1.29 is 14.1 Å². The third-order valence-electron chi connectivity index (χ3n) is 3.99.